The molecule has 4 rings (SSSR count). The molecule has 6 nitrogen and oxygen atoms in total. The second-order valence-corrected chi connectivity index (χ2v) is 19.1. The molecule has 1 heterocycles. The van der Waals surface area contributed by atoms with Crippen molar-refractivity contribution in [3.63, 3.8) is 0 Å². The maximum Gasteiger partial charge on any atom is 0.261 e. The van der Waals surface area contributed by atoms with Gasteiger partial charge in [-0.15, -0.1) is 0 Å². The van der Waals surface area contributed by atoms with Crippen molar-refractivity contribution in [2.45, 2.75) is 98.0 Å². The normalized spacial score (nSPS) is 12.2. The minimum atomic E-state index is -1.93. The second-order valence-electron chi connectivity index (χ2n) is 14.2. The van der Waals surface area contributed by atoms with E-state index in [-0.39, 0.29) is 17.1 Å². The van der Waals surface area contributed by atoms with Crippen molar-refractivity contribution in [2.24, 2.45) is 0 Å². The monoisotopic (exact) mass is 653 g/mol. The Morgan fingerprint density at radius 2 is 1.62 bits per heavy atom. The number of hydrogen-bond donors (Lipinski definition) is 0. The van der Waals surface area contributed by atoms with Crippen molar-refractivity contribution in [1.29, 1.82) is 5.26 Å². The number of nitriles is 1. The van der Waals surface area contributed by atoms with Gasteiger partial charge in [-0.3, -0.25) is 9.36 Å². The maximum atomic E-state index is 15.6. The van der Waals surface area contributed by atoms with Crippen molar-refractivity contribution >= 4 is 8.32 Å². The molecule has 0 fully saturated rings. The highest BCUT2D eigenvalue weighted by Crippen LogP contribution is 2.37. The lowest BCUT2D eigenvalue weighted by molar-refractivity contribution is 0.0462. The number of benzene rings is 3. The van der Waals surface area contributed by atoms with Crippen molar-refractivity contribution in [3.8, 4) is 34.1 Å². The predicted molar refractivity (Wildman–Crippen MR) is 191 cm³/mol. The molecule has 0 aliphatic rings. The van der Waals surface area contributed by atoms with Gasteiger partial charge in [0.15, 0.2) is 8.32 Å². The molecule has 4 aromatic rings. The van der Waals surface area contributed by atoms with E-state index in [0.29, 0.717) is 58.8 Å². The Hall–Kier alpha value is -4.06. The molecule has 0 unspecified atom stereocenters. The van der Waals surface area contributed by atoms with Gasteiger partial charge < -0.3 is 9.16 Å². The van der Waals surface area contributed by atoms with Crippen LogP contribution < -0.4 is 10.3 Å². The van der Waals surface area contributed by atoms with Gasteiger partial charge in [0.05, 0.1) is 36.0 Å². The molecule has 0 aliphatic carbocycles. The van der Waals surface area contributed by atoms with Gasteiger partial charge in [-0.05, 0) is 85.8 Å². The molecule has 0 spiro atoms. The van der Waals surface area contributed by atoms with Crippen LogP contribution in [0.4, 0.5) is 4.39 Å². The predicted octanol–water partition coefficient (Wildman–Crippen LogP) is 9.33. The number of rotatable bonds is 12. The van der Waals surface area contributed by atoms with Gasteiger partial charge in [0, 0.05) is 12.0 Å². The molecule has 0 saturated carbocycles. The van der Waals surface area contributed by atoms with E-state index in [1.807, 2.05) is 58.0 Å². The summed E-state index contributed by atoms with van der Waals surface area (Å²) in [5.41, 5.74) is 3.36. The van der Waals surface area contributed by atoms with Crippen LogP contribution in [-0.2, 0) is 23.8 Å². The summed E-state index contributed by atoms with van der Waals surface area (Å²) in [6.07, 6.45) is 1.97. The van der Waals surface area contributed by atoms with Crippen LogP contribution in [0.25, 0.3) is 22.3 Å². The highest BCUT2D eigenvalue weighted by Gasteiger charge is 2.39. The second kappa shape index (κ2) is 14.4. The summed E-state index contributed by atoms with van der Waals surface area (Å²) in [5.74, 6) is 0.888. The summed E-state index contributed by atoms with van der Waals surface area (Å²) < 4.78 is 30.0. The molecule has 8 heteroatoms. The average molecular weight is 654 g/mol. The lowest BCUT2D eigenvalue weighted by Gasteiger charge is -2.39. The Morgan fingerprint density at radius 3 is 2.21 bits per heavy atom. The topological polar surface area (TPSA) is 77.1 Å². The maximum absolute atomic E-state index is 15.6. The lowest BCUT2D eigenvalue weighted by atomic mass is 9.99. The van der Waals surface area contributed by atoms with Gasteiger partial charge in [-0.2, -0.15) is 5.26 Å². The number of ether oxygens (including phenoxy) is 1. The third-order valence-electron chi connectivity index (χ3n) is 9.00. The molecule has 0 N–H and O–H groups in total. The zero-order chi connectivity index (χ0) is 34.6. The standard InChI is InChI=1S/C39H48FN3O3Si/c1-10-14-35-42-34(11-2)36(27-19-21-31(22-20-27)46-39(6,7)26-45-47(8,9)38(3,4)5)37(44)43(35)25-30-18-17-28(23-33(30)40)32-16-13-12-15-29(32)24-41/h12-13,15-23H,10-11,14,25-26H2,1-9H3. The number of aromatic nitrogens is 2. The molecular formula is C39H48FN3O3Si. The highest BCUT2D eigenvalue weighted by atomic mass is 28.4. The quantitative estimate of drug-likeness (QED) is 0.142. The average Bonchev–Trinajstić information content (AvgIpc) is 3.02. The van der Waals surface area contributed by atoms with Crippen LogP contribution in [0.2, 0.25) is 18.1 Å². The van der Waals surface area contributed by atoms with E-state index in [1.54, 1.807) is 34.9 Å². The summed E-state index contributed by atoms with van der Waals surface area (Å²) in [6.45, 7) is 19.7. The van der Waals surface area contributed by atoms with E-state index in [1.165, 1.54) is 6.07 Å². The Labute approximate surface area is 280 Å². The van der Waals surface area contributed by atoms with E-state index in [2.05, 4.69) is 39.9 Å². The molecule has 248 valence electrons. The third kappa shape index (κ3) is 8.27. The largest absolute Gasteiger partial charge is 0.486 e. The zero-order valence-corrected chi connectivity index (χ0v) is 30.3. The van der Waals surface area contributed by atoms with Gasteiger partial charge in [-0.25, -0.2) is 9.37 Å². The van der Waals surface area contributed by atoms with Crippen LogP contribution in [0, 0.1) is 17.1 Å². The van der Waals surface area contributed by atoms with Gasteiger partial charge in [-0.1, -0.05) is 77.1 Å². The van der Waals surface area contributed by atoms with Gasteiger partial charge in [0.25, 0.3) is 5.56 Å². The molecule has 0 aliphatic heterocycles. The Kier molecular flexibility index (Phi) is 10.9. The van der Waals surface area contributed by atoms with Crippen LogP contribution in [0.3, 0.4) is 0 Å². The van der Waals surface area contributed by atoms with Gasteiger partial charge in [0.1, 0.15) is 23.0 Å². The summed E-state index contributed by atoms with van der Waals surface area (Å²) in [4.78, 5) is 19.2. The van der Waals surface area contributed by atoms with E-state index >= 15 is 4.39 Å². The Bertz CT molecular complexity index is 1820. The first kappa shape index (κ1) is 35.8. The fourth-order valence-electron chi connectivity index (χ4n) is 5.23. The number of aryl methyl sites for hydroxylation is 2. The summed E-state index contributed by atoms with van der Waals surface area (Å²) >= 11 is 0. The summed E-state index contributed by atoms with van der Waals surface area (Å²) in [6, 6.07) is 21.8. The lowest BCUT2D eigenvalue weighted by Crippen LogP contribution is -2.46. The number of hydrogen-bond acceptors (Lipinski definition) is 5. The molecule has 0 radical (unpaired) electrons. The fraction of sp³-hybridized carbons (Fsp3) is 0.410. The zero-order valence-electron chi connectivity index (χ0n) is 29.3. The number of halogens is 1. The fourth-order valence-corrected chi connectivity index (χ4v) is 6.37. The van der Waals surface area contributed by atoms with E-state index in [9.17, 15) is 10.1 Å². The summed E-state index contributed by atoms with van der Waals surface area (Å²) in [7, 11) is -1.93. The molecule has 0 saturated heterocycles. The SMILES string of the molecule is CCCc1nc(CC)c(-c2ccc(OC(C)(C)CO[Si](C)(C)C(C)(C)C)cc2)c(=O)n1Cc1ccc(-c2ccccc2C#N)cc1F. The van der Waals surface area contributed by atoms with Crippen LogP contribution in [0.5, 0.6) is 5.75 Å². The smallest absolute Gasteiger partial charge is 0.261 e. The molecule has 0 atom stereocenters. The van der Waals surface area contributed by atoms with Crippen LogP contribution in [0.15, 0.2) is 71.5 Å². The Balaban J connectivity index is 1.65. The molecule has 1 aromatic heterocycles. The van der Waals surface area contributed by atoms with E-state index in [0.717, 1.165) is 17.7 Å². The van der Waals surface area contributed by atoms with E-state index < -0.39 is 19.7 Å². The first-order chi connectivity index (χ1) is 22.1. The molecule has 47 heavy (non-hydrogen) atoms. The Morgan fingerprint density at radius 1 is 0.957 bits per heavy atom. The minimum absolute atomic E-state index is 0.0494. The summed E-state index contributed by atoms with van der Waals surface area (Å²) in [5, 5.41) is 9.62. The first-order valence-electron chi connectivity index (χ1n) is 16.4. The van der Waals surface area contributed by atoms with Crippen molar-refractivity contribution in [2.75, 3.05) is 6.61 Å². The van der Waals surface area contributed by atoms with E-state index in [4.69, 9.17) is 14.1 Å². The molecule has 0 amide bonds. The molecular weight excluding hydrogens is 606 g/mol. The van der Waals surface area contributed by atoms with Crippen LogP contribution in [-0.4, -0.2) is 30.1 Å². The molecule has 3 aromatic carbocycles. The van der Waals surface area contributed by atoms with Gasteiger partial charge in [0.2, 0.25) is 0 Å². The first-order valence-corrected chi connectivity index (χ1v) is 19.4. The van der Waals surface area contributed by atoms with Crippen molar-refractivity contribution in [3.05, 3.63) is 106 Å². The highest BCUT2D eigenvalue weighted by molar-refractivity contribution is 6.74. The number of nitrogens with zero attached hydrogens (tertiary/aromatic N) is 3. The molecule has 0 bridgehead atoms. The minimum Gasteiger partial charge on any atom is -0.486 e. The van der Waals surface area contributed by atoms with Gasteiger partial charge >= 0.3 is 0 Å². The van der Waals surface area contributed by atoms with Crippen LogP contribution >= 0.6 is 0 Å². The van der Waals surface area contributed by atoms with Crippen molar-refractivity contribution in [1.82, 2.24) is 9.55 Å². The van der Waals surface area contributed by atoms with Crippen LogP contribution in [0.1, 0.15) is 77.5 Å². The van der Waals surface area contributed by atoms with Crippen molar-refractivity contribution < 1.29 is 13.6 Å². The third-order valence-corrected chi connectivity index (χ3v) is 13.5.